The Morgan fingerprint density at radius 2 is 1.91 bits per heavy atom. The highest BCUT2D eigenvalue weighted by Gasteiger charge is 2.34. The molecule has 0 aliphatic carbocycles. The molecule has 1 aromatic heterocycles. The molecule has 3 aromatic rings. The van der Waals surface area contributed by atoms with Crippen LogP contribution in [-0.4, -0.2) is 62.0 Å². The lowest BCUT2D eigenvalue weighted by Gasteiger charge is -2.38. The first kappa shape index (κ1) is 23.3. The molecule has 0 radical (unpaired) electrons. The lowest BCUT2D eigenvalue weighted by molar-refractivity contribution is 0.125. The zero-order chi connectivity index (χ0) is 23.3. The van der Waals surface area contributed by atoms with Gasteiger partial charge in [0.2, 0.25) is 10.0 Å². The molecule has 2 heterocycles. The van der Waals surface area contributed by atoms with Crippen molar-refractivity contribution in [2.75, 3.05) is 33.4 Å². The Morgan fingerprint density at radius 3 is 2.67 bits per heavy atom. The Kier molecular flexibility index (Phi) is 7.36. The van der Waals surface area contributed by atoms with E-state index in [1.807, 2.05) is 36.4 Å². The summed E-state index contributed by atoms with van der Waals surface area (Å²) < 4.78 is 34.4. The first-order valence-electron chi connectivity index (χ1n) is 11.1. The van der Waals surface area contributed by atoms with Crippen molar-refractivity contribution in [3.63, 3.8) is 0 Å². The largest absolute Gasteiger partial charge is 0.383 e. The fraction of sp³-hybridized carbons (Fsp3) is 0.360. The van der Waals surface area contributed by atoms with Gasteiger partial charge in [0, 0.05) is 50.9 Å². The minimum Gasteiger partial charge on any atom is -0.383 e. The van der Waals surface area contributed by atoms with Gasteiger partial charge in [-0.05, 0) is 42.7 Å². The van der Waals surface area contributed by atoms with Gasteiger partial charge in [-0.25, -0.2) is 8.42 Å². The summed E-state index contributed by atoms with van der Waals surface area (Å²) in [5.74, 6) is 0. The van der Waals surface area contributed by atoms with Crippen LogP contribution >= 0.6 is 0 Å². The number of para-hydroxylation sites is 1. The summed E-state index contributed by atoms with van der Waals surface area (Å²) in [6, 6.07) is 18.7. The zero-order valence-corrected chi connectivity index (χ0v) is 19.5. The smallest absolute Gasteiger partial charge is 0.245 e. The molecule has 7 nitrogen and oxygen atoms in total. The van der Waals surface area contributed by atoms with Crippen molar-refractivity contribution < 1.29 is 13.2 Å². The molecule has 0 amide bonds. The number of ether oxygens (including phenoxy) is 1. The van der Waals surface area contributed by atoms with Crippen LogP contribution in [0.5, 0.6) is 0 Å². The summed E-state index contributed by atoms with van der Waals surface area (Å²) in [5.41, 5.74) is 2.25. The number of piperidine rings is 1. The van der Waals surface area contributed by atoms with Gasteiger partial charge in [-0.15, -0.1) is 0 Å². The predicted molar refractivity (Wildman–Crippen MR) is 127 cm³/mol. The van der Waals surface area contributed by atoms with Crippen molar-refractivity contribution >= 4 is 20.9 Å². The van der Waals surface area contributed by atoms with E-state index >= 15 is 0 Å². The SMILES string of the molecule is COCCN(C1CCN(Cc2cccc(C#N)c2)CC1)S(=O)(=O)c1cccc2cccnc12. The maximum atomic E-state index is 13.8. The molecule has 0 saturated carbocycles. The average Bonchev–Trinajstić information content (AvgIpc) is 2.85. The Morgan fingerprint density at radius 1 is 1.15 bits per heavy atom. The van der Waals surface area contributed by atoms with Gasteiger partial charge in [0.05, 0.1) is 23.8 Å². The Balaban J connectivity index is 1.53. The van der Waals surface area contributed by atoms with Crippen LogP contribution in [-0.2, 0) is 21.3 Å². The number of hydrogen-bond acceptors (Lipinski definition) is 6. The van der Waals surface area contributed by atoms with Gasteiger partial charge in [-0.2, -0.15) is 9.57 Å². The van der Waals surface area contributed by atoms with Crippen molar-refractivity contribution in [3.05, 3.63) is 71.9 Å². The molecule has 1 aliphatic heterocycles. The predicted octanol–water partition coefficient (Wildman–Crippen LogP) is 3.41. The number of fused-ring (bicyclic) bond motifs is 1. The zero-order valence-electron chi connectivity index (χ0n) is 18.7. The second-order valence-electron chi connectivity index (χ2n) is 8.26. The van der Waals surface area contributed by atoms with Crippen molar-refractivity contribution in [2.45, 2.75) is 30.3 Å². The number of likely N-dealkylation sites (tertiary alicyclic amines) is 1. The fourth-order valence-electron chi connectivity index (χ4n) is 4.45. The number of pyridine rings is 1. The van der Waals surface area contributed by atoms with Crippen LogP contribution in [0.1, 0.15) is 24.0 Å². The number of benzene rings is 2. The van der Waals surface area contributed by atoms with Crippen molar-refractivity contribution in [1.82, 2.24) is 14.2 Å². The number of nitriles is 1. The molecule has 33 heavy (non-hydrogen) atoms. The highest BCUT2D eigenvalue weighted by Crippen LogP contribution is 2.28. The summed E-state index contributed by atoms with van der Waals surface area (Å²) in [5, 5.41) is 9.94. The molecule has 172 valence electrons. The van der Waals surface area contributed by atoms with E-state index in [1.54, 1.807) is 35.8 Å². The second-order valence-corrected chi connectivity index (χ2v) is 10.1. The van der Waals surface area contributed by atoms with Gasteiger partial charge < -0.3 is 4.74 Å². The molecular weight excluding hydrogens is 436 g/mol. The van der Waals surface area contributed by atoms with Gasteiger partial charge in [0.25, 0.3) is 0 Å². The Labute approximate surface area is 195 Å². The van der Waals surface area contributed by atoms with Gasteiger partial charge in [0.1, 0.15) is 4.90 Å². The summed E-state index contributed by atoms with van der Waals surface area (Å²) in [6.07, 6.45) is 3.10. The number of nitrogens with zero attached hydrogens (tertiary/aromatic N) is 4. The highest BCUT2D eigenvalue weighted by atomic mass is 32.2. The molecule has 0 N–H and O–H groups in total. The van der Waals surface area contributed by atoms with E-state index in [9.17, 15) is 8.42 Å². The normalized spacial score (nSPS) is 15.7. The third-order valence-corrected chi connectivity index (χ3v) is 8.11. The number of aromatic nitrogens is 1. The molecule has 4 rings (SSSR count). The number of methoxy groups -OCH3 is 1. The van der Waals surface area contributed by atoms with Crippen LogP contribution in [0.15, 0.2) is 65.7 Å². The van der Waals surface area contributed by atoms with Crippen LogP contribution in [0, 0.1) is 11.3 Å². The van der Waals surface area contributed by atoms with Crippen molar-refractivity contribution in [1.29, 1.82) is 5.26 Å². The molecule has 1 fully saturated rings. The van der Waals surface area contributed by atoms with Gasteiger partial charge in [-0.3, -0.25) is 9.88 Å². The van der Waals surface area contributed by atoms with E-state index in [4.69, 9.17) is 10.00 Å². The maximum Gasteiger partial charge on any atom is 0.245 e. The molecule has 0 atom stereocenters. The van der Waals surface area contributed by atoms with Gasteiger partial charge in [-0.1, -0.05) is 30.3 Å². The maximum absolute atomic E-state index is 13.8. The molecule has 1 aliphatic rings. The number of rotatable bonds is 8. The third kappa shape index (κ3) is 5.23. The number of hydrogen-bond donors (Lipinski definition) is 0. The van der Waals surface area contributed by atoms with Gasteiger partial charge in [0.15, 0.2) is 0 Å². The van der Waals surface area contributed by atoms with Crippen LogP contribution in [0.25, 0.3) is 10.9 Å². The van der Waals surface area contributed by atoms with E-state index in [1.165, 1.54) is 0 Å². The molecule has 0 bridgehead atoms. The van der Waals surface area contributed by atoms with E-state index in [0.29, 0.717) is 24.2 Å². The average molecular weight is 465 g/mol. The van der Waals surface area contributed by atoms with Crippen molar-refractivity contribution in [2.24, 2.45) is 0 Å². The van der Waals surface area contributed by atoms with Crippen molar-refractivity contribution in [3.8, 4) is 6.07 Å². The van der Waals surface area contributed by atoms with Gasteiger partial charge >= 0.3 is 0 Å². The van der Waals surface area contributed by atoms with Crippen LogP contribution in [0.4, 0.5) is 0 Å². The van der Waals surface area contributed by atoms with Crippen LogP contribution in [0.2, 0.25) is 0 Å². The molecule has 0 unspecified atom stereocenters. The summed E-state index contributed by atoms with van der Waals surface area (Å²) in [7, 11) is -2.16. The lowest BCUT2D eigenvalue weighted by Crippen LogP contribution is -2.48. The van der Waals surface area contributed by atoms with E-state index < -0.39 is 10.0 Å². The number of sulfonamides is 1. The van der Waals surface area contributed by atoms with Crippen LogP contribution in [0.3, 0.4) is 0 Å². The fourth-order valence-corrected chi connectivity index (χ4v) is 6.29. The molecular formula is C25H28N4O3S. The minimum absolute atomic E-state index is 0.106. The summed E-state index contributed by atoms with van der Waals surface area (Å²) >= 11 is 0. The standard InChI is InChI=1S/C25H28N4O3S/c1-32-16-15-29(33(30,31)24-9-3-7-22-8-4-12-27-25(22)24)23-10-13-28(14-11-23)19-21-6-2-5-20(17-21)18-26/h2-9,12,17,23H,10-11,13-16,19H2,1H3. The molecule has 8 heteroatoms. The molecule has 2 aromatic carbocycles. The molecule has 0 spiro atoms. The highest BCUT2D eigenvalue weighted by molar-refractivity contribution is 7.89. The Bertz CT molecular complexity index is 1240. The monoisotopic (exact) mass is 464 g/mol. The third-order valence-electron chi connectivity index (χ3n) is 6.12. The first-order chi connectivity index (χ1) is 16.0. The van der Waals surface area contributed by atoms with E-state index in [0.717, 1.165) is 43.4 Å². The quantitative estimate of drug-likeness (QED) is 0.508. The minimum atomic E-state index is -3.75. The Hall–Kier alpha value is -2.83. The molecule has 1 saturated heterocycles. The lowest BCUT2D eigenvalue weighted by atomic mass is 10.0. The first-order valence-corrected chi connectivity index (χ1v) is 12.5. The summed E-state index contributed by atoms with van der Waals surface area (Å²) in [4.78, 5) is 6.92. The van der Waals surface area contributed by atoms with Crippen LogP contribution < -0.4 is 0 Å². The topological polar surface area (TPSA) is 86.5 Å². The second kappa shape index (κ2) is 10.4. The summed E-state index contributed by atoms with van der Waals surface area (Å²) in [6.45, 7) is 2.96. The van der Waals surface area contributed by atoms with E-state index in [2.05, 4.69) is 16.0 Å². The van der Waals surface area contributed by atoms with E-state index in [-0.39, 0.29) is 10.9 Å².